The van der Waals surface area contributed by atoms with Gasteiger partial charge in [-0.25, -0.2) is 9.18 Å². The van der Waals surface area contributed by atoms with Gasteiger partial charge in [-0.2, -0.15) is 0 Å². The van der Waals surface area contributed by atoms with Gasteiger partial charge in [-0.05, 0) is 39.9 Å². The molecule has 208 valence electrons. The van der Waals surface area contributed by atoms with E-state index in [1.807, 2.05) is 60.7 Å². The molecule has 1 heterocycles. The molecule has 2 atom stereocenters. The third-order valence-corrected chi connectivity index (χ3v) is 7.85. The molecule has 1 N–H and O–H groups in total. The highest BCUT2D eigenvalue weighted by atomic mass is 19.1. The van der Waals surface area contributed by atoms with E-state index in [0.29, 0.717) is 5.56 Å². The summed E-state index contributed by atoms with van der Waals surface area (Å²) in [6.07, 6.45) is -0.242. The van der Waals surface area contributed by atoms with E-state index in [0.717, 1.165) is 27.2 Å². The molecule has 5 rings (SSSR count). The summed E-state index contributed by atoms with van der Waals surface area (Å²) < 4.78 is 25.9. The highest BCUT2D eigenvalue weighted by Gasteiger charge is 2.50. The van der Waals surface area contributed by atoms with Gasteiger partial charge in [0.2, 0.25) is 5.91 Å². The second-order valence-corrected chi connectivity index (χ2v) is 11.0. The van der Waals surface area contributed by atoms with Crippen molar-refractivity contribution in [1.29, 1.82) is 0 Å². The number of hydrogen-bond donors (Lipinski definition) is 1. The number of halogens is 1. The van der Waals surface area contributed by atoms with Crippen LogP contribution in [0.25, 0.3) is 11.1 Å². The molecule has 0 saturated carbocycles. The standard InChI is InChI=1S/C32H33FN2O5/c1-31(2)25-12-8-7-11-23(25)24-15-22(13-14-26(24)31)29(37)34-17-28(36)35-19-32(33,20-39-3)16-27(35)30(38)40-18-21-9-5-4-6-10-21/h4-15,27H,16-20H2,1-3H3,(H,34,37)/t27-,32+/m0/s1. The lowest BCUT2D eigenvalue weighted by molar-refractivity contribution is -0.154. The molecule has 0 spiro atoms. The van der Waals surface area contributed by atoms with E-state index in [4.69, 9.17) is 9.47 Å². The van der Waals surface area contributed by atoms with Crippen molar-refractivity contribution < 1.29 is 28.2 Å². The van der Waals surface area contributed by atoms with Gasteiger partial charge in [0.1, 0.15) is 12.6 Å². The molecule has 1 aliphatic heterocycles. The van der Waals surface area contributed by atoms with Crippen molar-refractivity contribution in [1.82, 2.24) is 10.2 Å². The van der Waals surface area contributed by atoms with E-state index in [1.54, 1.807) is 6.07 Å². The topological polar surface area (TPSA) is 84.9 Å². The first-order valence-electron chi connectivity index (χ1n) is 13.3. The van der Waals surface area contributed by atoms with Gasteiger partial charge in [-0.1, -0.05) is 74.5 Å². The fourth-order valence-corrected chi connectivity index (χ4v) is 5.82. The number of amides is 2. The van der Waals surface area contributed by atoms with Gasteiger partial charge < -0.3 is 19.7 Å². The van der Waals surface area contributed by atoms with Crippen LogP contribution < -0.4 is 5.32 Å². The molecule has 0 bridgehead atoms. The Kier molecular flexibility index (Phi) is 7.47. The number of carbonyl (C=O) groups is 3. The van der Waals surface area contributed by atoms with E-state index in [2.05, 4.69) is 25.2 Å². The highest BCUT2D eigenvalue weighted by Crippen LogP contribution is 2.48. The number of nitrogens with zero attached hydrogens (tertiary/aromatic N) is 1. The van der Waals surface area contributed by atoms with Gasteiger partial charge in [0.25, 0.3) is 5.91 Å². The number of methoxy groups -OCH3 is 1. The molecule has 1 fully saturated rings. The fourth-order valence-electron chi connectivity index (χ4n) is 5.82. The molecule has 1 aliphatic carbocycles. The Balaban J connectivity index is 1.27. The summed E-state index contributed by atoms with van der Waals surface area (Å²) in [5.74, 6) is -1.69. The zero-order valence-electron chi connectivity index (χ0n) is 22.9. The Labute approximate surface area is 233 Å². The van der Waals surface area contributed by atoms with Gasteiger partial charge in [-0.15, -0.1) is 0 Å². The van der Waals surface area contributed by atoms with Crippen LogP contribution in [0.2, 0.25) is 0 Å². The van der Waals surface area contributed by atoms with E-state index in [1.165, 1.54) is 12.7 Å². The number of benzene rings is 3. The van der Waals surface area contributed by atoms with Crippen molar-refractivity contribution in [2.45, 2.75) is 44.0 Å². The maximum atomic E-state index is 15.5. The van der Waals surface area contributed by atoms with Crippen LogP contribution in [0, 0.1) is 0 Å². The molecule has 3 aromatic carbocycles. The maximum Gasteiger partial charge on any atom is 0.329 e. The Morgan fingerprint density at radius 2 is 1.68 bits per heavy atom. The molecular weight excluding hydrogens is 511 g/mol. The lowest BCUT2D eigenvalue weighted by Crippen LogP contribution is -2.46. The number of esters is 1. The number of rotatable bonds is 8. The molecule has 2 amide bonds. The van der Waals surface area contributed by atoms with Crippen LogP contribution in [-0.4, -0.2) is 61.2 Å². The van der Waals surface area contributed by atoms with Crippen molar-refractivity contribution in [3.05, 3.63) is 95.1 Å². The summed E-state index contributed by atoms with van der Waals surface area (Å²) in [5, 5.41) is 2.65. The molecule has 0 aromatic heterocycles. The highest BCUT2D eigenvalue weighted by molar-refractivity contribution is 5.99. The third kappa shape index (κ3) is 5.23. The van der Waals surface area contributed by atoms with Crippen LogP contribution in [-0.2, 0) is 31.1 Å². The fraction of sp³-hybridized carbons (Fsp3) is 0.344. The van der Waals surface area contributed by atoms with Gasteiger partial charge >= 0.3 is 5.97 Å². The zero-order chi connectivity index (χ0) is 28.5. The number of alkyl halides is 1. The van der Waals surface area contributed by atoms with Gasteiger partial charge in [0.05, 0.1) is 19.7 Å². The Hall–Kier alpha value is -4.04. The number of carbonyl (C=O) groups excluding carboxylic acids is 3. The SMILES string of the molecule is COC[C@@]1(F)C[C@@H](C(=O)OCc2ccccc2)N(C(=O)CNC(=O)c2ccc3c(c2)-c2ccccc2C3(C)C)C1. The summed E-state index contributed by atoms with van der Waals surface area (Å²) >= 11 is 0. The molecule has 3 aromatic rings. The summed E-state index contributed by atoms with van der Waals surface area (Å²) in [5.41, 5.74) is 3.52. The smallest absolute Gasteiger partial charge is 0.329 e. The average molecular weight is 545 g/mol. The second-order valence-electron chi connectivity index (χ2n) is 11.0. The van der Waals surface area contributed by atoms with E-state index in [-0.39, 0.29) is 38.1 Å². The summed E-state index contributed by atoms with van der Waals surface area (Å²) in [6.45, 7) is 3.34. The minimum absolute atomic E-state index is 0.0107. The minimum atomic E-state index is -1.90. The van der Waals surface area contributed by atoms with Crippen molar-refractivity contribution in [2.24, 2.45) is 0 Å². The van der Waals surface area contributed by atoms with Crippen LogP contribution in [0.1, 0.15) is 47.3 Å². The quantitative estimate of drug-likeness (QED) is 0.425. The van der Waals surface area contributed by atoms with Crippen molar-refractivity contribution in [3.8, 4) is 11.1 Å². The Bertz CT molecular complexity index is 1440. The summed E-state index contributed by atoms with van der Waals surface area (Å²) in [4.78, 5) is 40.4. The third-order valence-electron chi connectivity index (χ3n) is 7.85. The molecular formula is C32H33FN2O5. The summed E-state index contributed by atoms with van der Waals surface area (Å²) in [6, 6.07) is 21.7. The molecule has 40 heavy (non-hydrogen) atoms. The van der Waals surface area contributed by atoms with Crippen LogP contribution in [0.5, 0.6) is 0 Å². The molecule has 0 unspecified atom stereocenters. The lowest BCUT2D eigenvalue weighted by atomic mass is 9.82. The number of likely N-dealkylation sites (tertiary alicyclic amines) is 1. The Morgan fingerprint density at radius 1 is 0.975 bits per heavy atom. The zero-order valence-corrected chi connectivity index (χ0v) is 22.9. The first kappa shape index (κ1) is 27.5. The van der Waals surface area contributed by atoms with E-state index >= 15 is 4.39 Å². The van der Waals surface area contributed by atoms with Crippen molar-refractivity contribution >= 4 is 17.8 Å². The van der Waals surface area contributed by atoms with Crippen molar-refractivity contribution in [3.63, 3.8) is 0 Å². The van der Waals surface area contributed by atoms with E-state index in [9.17, 15) is 14.4 Å². The molecule has 7 nitrogen and oxygen atoms in total. The van der Waals surface area contributed by atoms with Crippen LogP contribution in [0.4, 0.5) is 4.39 Å². The van der Waals surface area contributed by atoms with Crippen LogP contribution >= 0.6 is 0 Å². The number of fused-ring (bicyclic) bond motifs is 3. The first-order chi connectivity index (χ1) is 19.1. The second kappa shape index (κ2) is 10.8. The van der Waals surface area contributed by atoms with Crippen LogP contribution in [0.3, 0.4) is 0 Å². The van der Waals surface area contributed by atoms with E-state index < -0.39 is 29.5 Å². The van der Waals surface area contributed by atoms with Gasteiger partial charge in [-0.3, -0.25) is 9.59 Å². The average Bonchev–Trinajstić information content (AvgIpc) is 3.42. The van der Waals surface area contributed by atoms with Crippen molar-refractivity contribution in [2.75, 3.05) is 26.8 Å². The molecule has 0 radical (unpaired) electrons. The minimum Gasteiger partial charge on any atom is -0.459 e. The molecule has 1 saturated heterocycles. The summed E-state index contributed by atoms with van der Waals surface area (Å²) in [7, 11) is 1.37. The maximum absolute atomic E-state index is 15.5. The number of hydrogen-bond acceptors (Lipinski definition) is 5. The van der Waals surface area contributed by atoms with Crippen LogP contribution in [0.15, 0.2) is 72.8 Å². The lowest BCUT2D eigenvalue weighted by Gasteiger charge is -2.23. The van der Waals surface area contributed by atoms with Gasteiger partial charge in [0.15, 0.2) is 5.67 Å². The van der Waals surface area contributed by atoms with Gasteiger partial charge in [0, 0.05) is 24.5 Å². The number of nitrogens with one attached hydrogen (secondary N) is 1. The largest absolute Gasteiger partial charge is 0.459 e. The molecule has 2 aliphatic rings. The monoisotopic (exact) mass is 544 g/mol. The number of ether oxygens (including phenoxy) is 2. The Morgan fingerprint density at radius 3 is 2.42 bits per heavy atom. The predicted octanol–water partition coefficient (Wildman–Crippen LogP) is 4.42. The molecule has 8 heteroatoms. The first-order valence-corrected chi connectivity index (χ1v) is 13.3. The predicted molar refractivity (Wildman–Crippen MR) is 148 cm³/mol. The normalized spacial score (nSPS) is 20.5.